The fraction of sp³-hybridized carbons (Fsp3) is 0.118. The van der Waals surface area contributed by atoms with Crippen molar-refractivity contribution in [1.82, 2.24) is 9.78 Å². The largest absolute Gasteiger partial charge is 0.396 e. The predicted octanol–water partition coefficient (Wildman–Crippen LogP) is 2.08. The van der Waals surface area contributed by atoms with Gasteiger partial charge in [0.25, 0.3) is 0 Å². The first-order chi connectivity index (χ1) is 12.0. The van der Waals surface area contributed by atoms with Gasteiger partial charge >= 0.3 is 0 Å². The Bertz CT molecular complexity index is 1000. The zero-order chi connectivity index (χ0) is 18.1. The van der Waals surface area contributed by atoms with Gasteiger partial charge < -0.3 is 5.73 Å². The van der Waals surface area contributed by atoms with Crippen molar-refractivity contribution in [3.63, 3.8) is 0 Å². The van der Waals surface area contributed by atoms with Gasteiger partial charge in [-0.05, 0) is 25.1 Å². The summed E-state index contributed by atoms with van der Waals surface area (Å²) in [6.45, 7) is 2.43. The second-order valence-electron chi connectivity index (χ2n) is 5.28. The monoisotopic (exact) mass is 335 g/mol. The molecule has 2 aromatic rings. The van der Waals surface area contributed by atoms with Crippen molar-refractivity contribution in [2.24, 2.45) is 10.7 Å². The summed E-state index contributed by atoms with van der Waals surface area (Å²) in [6, 6.07) is 7.84. The molecule has 0 amide bonds. The molecule has 0 unspecified atom stereocenters. The Morgan fingerprint density at radius 3 is 2.76 bits per heavy atom. The number of nitriles is 1. The quantitative estimate of drug-likeness (QED) is 0.794. The highest BCUT2D eigenvalue weighted by Gasteiger charge is 2.29. The molecule has 7 nitrogen and oxygen atoms in total. The number of amidine groups is 1. The van der Waals surface area contributed by atoms with Gasteiger partial charge in [-0.25, -0.2) is 9.38 Å². The summed E-state index contributed by atoms with van der Waals surface area (Å²) in [4.78, 5) is 4.08. The Labute approximate surface area is 142 Å². The van der Waals surface area contributed by atoms with E-state index >= 15 is 0 Å². The van der Waals surface area contributed by atoms with Gasteiger partial charge in [0.05, 0.1) is 28.2 Å². The van der Waals surface area contributed by atoms with E-state index in [1.807, 2.05) is 6.92 Å². The van der Waals surface area contributed by atoms with Gasteiger partial charge in [0.15, 0.2) is 5.84 Å². The molecule has 1 aliphatic heterocycles. The van der Waals surface area contributed by atoms with Crippen LogP contribution in [0.15, 0.2) is 41.2 Å². The molecule has 0 bridgehead atoms. The van der Waals surface area contributed by atoms with Crippen LogP contribution in [0.25, 0.3) is 5.57 Å². The first-order valence-electron chi connectivity index (χ1n) is 7.47. The van der Waals surface area contributed by atoms with Gasteiger partial charge in [0.1, 0.15) is 17.6 Å². The Morgan fingerprint density at radius 1 is 1.32 bits per heavy atom. The average molecular weight is 335 g/mol. The van der Waals surface area contributed by atoms with E-state index in [4.69, 9.17) is 21.8 Å². The molecular weight excluding hydrogens is 321 g/mol. The molecule has 0 aliphatic carbocycles. The molecule has 0 atom stereocenters. The topological polar surface area (TPSA) is 128 Å². The summed E-state index contributed by atoms with van der Waals surface area (Å²) in [5.41, 5.74) is 6.80. The predicted molar refractivity (Wildman–Crippen MR) is 92.1 cm³/mol. The first-order valence-corrected chi connectivity index (χ1v) is 7.47. The van der Waals surface area contributed by atoms with Crippen LogP contribution >= 0.6 is 0 Å². The van der Waals surface area contributed by atoms with Gasteiger partial charge in [-0.1, -0.05) is 6.07 Å². The highest BCUT2D eigenvalue weighted by Crippen LogP contribution is 2.28. The molecule has 1 aromatic carbocycles. The van der Waals surface area contributed by atoms with Gasteiger partial charge in [-0.15, -0.1) is 0 Å². The molecule has 0 fully saturated rings. The Balaban J connectivity index is 2.31. The van der Waals surface area contributed by atoms with Gasteiger partial charge in [0.2, 0.25) is 0 Å². The minimum absolute atomic E-state index is 0.0203. The third kappa shape index (κ3) is 2.52. The van der Waals surface area contributed by atoms with E-state index in [0.717, 1.165) is 0 Å². The van der Waals surface area contributed by atoms with Crippen LogP contribution in [0.4, 0.5) is 4.39 Å². The highest BCUT2D eigenvalue weighted by atomic mass is 19.1. The lowest BCUT2D eigenvalue weighted by Gasteiger charge is -2.21. The van der Waals surface area contributed by atoms with Gasteiger partial charge in [-0.3, -0.25) is 15.5 Å². The molecule has 0 spiro atoms. The number of dihydropyridines is 1. The molecule has 0 saturated carbocycles. The molecule has 3 rings (SSSR count). The van der Waals surface area contributed by atoms with E-state index < -0.39 is 5.82 Å². The molecule has 2 heterocycles. The average Bonchev–Trinajstić information content (AvgIpc) is 3.08. The molecule has 124 valence electrons. The normalized spacial score (nSPS) is 14.5. The van der Waals surface area contributed by atoms with E-state index in [-0.39, 0.29) is 34.1 Å². The van der Waals surface area contributed by atoms with E-state index in [1.165, 1.54) is 18.2 Å². The molecule has 0 radical (unpaired) electrons. The highest BCUT2D eigenvalue weighted by molar-refractivity contribution is 6.55. The van der Waals surface area contributed by atoms with Crippen molar-refractivity contribution in [2.45, 2.75) is 13.5 Å². The van der Waals surface area contributed by atoms with Crippen LogP contribution < -0.4 is 5.73 Å². The second kappa shape index (κ2) is 6.13. The zero-order valence-electron chi connectivity index (χ0n) is 13.3. The first kappa shape index (κ1) is 16.3. The van der Waals surface area contributed by atoms with Crippen LogP contribution in [0.5, 0.6) is 0 Å². The van der Waals surface area contributed by atoms with Crippen molar-refractivity contribution in [3.05, 3.63) is 58.8 Å². The number of hydrogen-bond acceptors (Lipinski definition) is 5. The maximum absolute atomic E-state index is 14.7. The number of rotatable bonds is 3. The van der Waals surface area contributed by atoms with Gasteiger partial charge in [-0.2, -0.15) is 10.4 Å². The number of allylic oxidation sites excluding steroid dienone is 1. The molecule has 1 aliphatic rings. The third-order valence-electron chi connectivity index (χ3n) is 3.88. The fourth-order valence-corrected chi connectivity index (χ4v) is 2.66. The van der Waals surface area contributed by atoms with Crippen LogP contribution in [-0.2, 0) is 6.54 Å². The van der Waals surface area contributed by atoms with E-state index in [0.29, 0.717) is 17.8 Å². The van der Waals surface area contributed by atoms with Crippen molar-refractivity contribution in [2.75, 3.05) is 0 Å². The summed E-state index contributed by atoms with van der Waals surface area (Å²) in [5, 5.41) is 29.0. The summed E-state index contributed by atoms with van der Waals surface area (Å²) in [6.07, 6.45) is 1.57. The number of benzene rings is 1. The number of nitrogens with two attached hydrogens (primary N) is 1. The smallest absolute Gasteiger partial charge is 0.172 e. The van der Waals surface area contributed by atoms with Gasteiger partial charge in [0, 0.05) is 18.3 Å². The van der Waals surface area contributed by atoms with Crippen molar-refractivity contribution in [3.8, 4) is 6.07 Å². The molecule has 1 aromatic heterocycles. The third-order valence-corrected chi connectivity index (χ3v) is 3.88. The summed E-state index contributed by atoms with van der Waals surface area (Å²) in [5.74, 6) is -1.10. The number of nitrogens with zero attached hydrogens (tertiary/aromatic N) is 4. The number of hydrogen-bond donors (Lipinski definition) is 3. The van der Waals surface area contributed by atoms with E-state index in [1.54, 1.807) is 23.0 Å². The van der Waals surface area contributed by atoms with Crippen LogP contribution in [0, 0.1) is 28.0 Å². The maximum atomic E-state index is 14.7. The van der Waals surface area contributed by atoms with Crippen molar-refractivity contribution in [1.29, 1.82) is 16.1 Å². The lowest BCUT2D eigenvalue weighted by molar-refractivity contribution is 0.621. The molecular formula is C17H14FN7. The van der Waals surface area contributed by atoms with Crippen LogP contribution in [-0.4, -0.2) is 27.0 Å². The van der Waals surface area contributed by atoms with Crippen LogP contribution in [0.1, 0.15) is 23.7 Å². The lowest BCUT2D eigenvalue weighted by atomic mass is 9.92. The summed E-state index contributed by atoms with van der Waals surface area (Å²) in [7, 11) is 0. The lowest BCUT2D eigenvalue weighted by Crippen LogP contribution is -2.30. The number of aromatic nitrogens is 2. The Hall–Kier alpha value is -3.60. The number of nitrogens with one attached hydrogen (secondary N) is 2. The molecule has 4 N–H and O–H groups in total. The number of halogens is 1. The fourth-order valence-electron chi connectivity index (χ4n) is 2.66. The minimum atomic E-state index is -0.738. The molecule has 8 heteroatoms. The summed E-state index contributed by atoms with van der Waals surface area (Å²) >= 11 is 0. The number of aryl methyl sites for hydroxylation is 1. The van der Waals surface area contributed by atoms with Crippen LogP contribution in [0.2, 0.25) is 0 Å². The Morgan fingerprint density at radius 2 is 2.08 bits per heavy atom. The minimum Gasteiger partial charge on any atom is -0.396 e. The van der Waals surface area contributed by atoms with E-state index in [9.17, 15) is 4.39 Å². The summed E-state index contributed by atoms with van der Waals surface area (Å²) < 4.78 is 16.3. The van der Waals surface area contributed by atoms with Crippen molar-refractivity contribution < 1.29 is 4.39 Å². The standard InChI is InChI=1S/C17H14FN7/c1-2-25-11(6-7-23-25)12-14(20)15(21)17(22)24-16(12)10-5-3-4-9(8-19)13(10)18/h3-7,21-22H,2,20H2,1H3. The van der Waals surface area contributed by atoms with Crippen molar-refractivity contribution >= 4 is 22.8 Å². The number of aliphatic imine (C=N–C) groups is 1. The molecule has 25 heavy (non-hydrogen) atoms. The Kier molecular flexibility index (Phi) is 3.99. The second-order valence-corrected chi connectivity index (χ2v) is 5.28. The zero-order valence-corrected chi connectivity index (χ0v) is 13.3. The maximum Gasteiger partial charge on any atom is 0.172 e. The molecule has 0 saturated heterocycles. The van der Waals surface area contributed by atoms with E-state index in [2.05, 4.69) is 10.1 Å². The van der Waals surface area contributed by atoms with Crippen LogP contribution in [0.3, 0.4) is 0 Å². The SMILES string of the molecule is CCn1nccc1C1=C(N)C(=N)C(=N)N=C1c1cccc(C#N)c1F.